The maximum Gasteiger partial charge on any atom is 0.258 e. The van der Waals surface area contributed by atoms with E-state index in [4.69, 9.17) is 10.8 Å². The summed E-state index contributed by atoms with van der Waals surface area (Å²) in [6, 6.07) is 2.37. The highest BCUT2D eigenvalue weighted by Crippen LogP contribution is 2.07. The molecule has 7 heteroatoms. The zero-order valence-corrected chi connectivity index (χ0v) is 9.13. The summed E-state index contributed by atoms with van der Waals surface area (Å²) in [7, 11) is 0. The van der Waals surface area contributed by atoms with E-state index >= 15 is 0 Å². The molecular formula is C11H10F2N4O. The van der Waals surface area contributed by atoms with Crippen LogP contribution in [-0.2, 0) is 0 Å². The fourth-order valence-corrected chi connectivity index (χ4v) is 1.09. The number of halogens is 2. The highest BCUT2D eigenvalue weighted by atomic mass is 19.1. The number of amides is 1. The van der Waals surface area contributed by atoms with Crippen molar-refractivity contribution in [2.75, 3.05) is 0 Å². The molecule has 0 aliphatic rings. The summed E-state index contributed by atoms with van der Waals surface area (Å²) in [5, 5.41) is 18.4. The average Bonchev–Trinajstić information content (AvgIpc) is 2.28. The molecule has 5 nitrogen and oxygen atoms in total. The average molecular weight is 252 g/mol. The van der Waals surface area contributed by atoms with E-state index in [2.05, 4.69) is 10.6 Å². The highest BCUT2D eigenvalue weighted by Gasteiger charge is 2.10. The number of benzene rings is 1. The molecule has 1 aromatic carbocycles. The number of carbonyl (C=O) groups excluding carboxylic acids is 1. The van der Waals surface area contributed by atoms with Crippen molar-refractivity contribution in [3.8, 4) is 0 Å². The summed E-state index contributed by atoms with van der Waals surface area (Å²) in [5.74, 6) is -2.93. The molecule has 0 aromatic heterocycles. The summed E-state index contributed by atoms with van der Waals surface area (Å²) in [5.41, 5.74) is -0.227. The first-order chi connectivity index (χ1) is 8.52. The SMILES string of the molecule is N=C/C=C\NC(=N)NC(=O)c1cc(F)cc(F)c1. The van der Waals surface area contributed by atoms with E-state index in [1.165, 1.54) is 12.3 Å². The van der Waals surface area contributed by atoms with Crippen LogP contribution in [0.25, 0.3) is 0 Å². The maximum atomic E-state index is 12.8. The molecule has 1 aromatic rings. The second-order valence-electron chi connectivity index (χ2n) is 3.16. The monoisotopic (exact) mass is 252 g/mol. The fourth-order valence-electron chi connectivity index (χ4n) is 1.09. The number of allylic oxidation sites excluding steroid dienone is 1. The third-order valence-electron chi connectivity index (χ3n) is 1.78. The standard InChI is InChI=1S/C11H10F2N4O/c12-8-4-7(5-9(13)6-8)10(18)17-11(15)16-3-1-2-14/h1-6,14H,(H3,15,16,17,18)/b3-1-,14-2?. The molecule has 94 valence electrons. The van der Waals surface area contributed by atoms with Gasteiger partial charge in [0.25, 0.3) is 5.91 Å². The largest absolute Gasteiger partial charge is 0.333 e. The van der Waals surface area contributed by atoms with Gasteiger partial charge in [0.15, 0.2) is 5.96 Å². The number of hydrogen-bond donors (Lipinski definition) is 4. The number of rotatable bonds is 3. The van der Waals surface area contributed by atoms with Gasteiger partial charge < -0.3 is 10.7 Å². The molecule has 0 fully saturated rings. The number of hydrogen-bond acceptors (Lipinski definition) is 3. The van der Waals surface area contributed by atoms with E-state index in [-0.39, 0.29) is 11.5 Å². The van der Waals surface area contributed by atoms with Crippen molar-refractivity contribution in [3.05, 3.63) is 47.7 Å². The second kappa shape index (κ2) is 6.24. The minimum atomic E-state index is -0.872. The third-order valence-corrected chi connectivity index (χ3v) is 1.78. The highest BCUT2D eigenvalue weighted by molar-refractivity contribution is 6.05. The van der Waals surface area contributed by atoms with Gasteiger partial charge in [0.1, 0.15) is 11.6 Å². The van der Waals surface area contributed by atoms with Crippen molar-refractivity contribution in [2.24, 2.45) is 0 Å². The Balaban J connectivity index is 2.67. The lowest BCUT2D eigenvalue weighted by atomic mass is 10.2. The molecular weight excluding hydrogens is 242 g/mol. The van der Waals surface area contributed by atoms with Crippen molar-refractivity contribution in [3.63, 3.8) is 0 Å². The first kappa shape index (κ1) is 13.5. The van der Waals surface area contributed by atoms with E-state index in [1.54, 1.807) is 0 Å². The molecule has 0 spiro atoms. The molecule has 1 amide bonds. The lowest BCUT2D eigenvalue weighted by molar-refractivity contribution is 0.0975. The number of nitrogens with one attached hydrogen (secondary N) is 4. The molecule has 18 heavy (non-hydrogen) atoms. The van der Waals surface area contributed by atoms with Gasteiger partial charge in [-0.15, -0.1) is 0 Å². The van der Waals surface area contributed by atoms with Crippen molar-refractivity contribution in [1.82, 2.24) is 10.6 Å². The van der Waals surface area contributed by atoms with Gasteiger partial charge in [-0.05, 0) is 18.2 Å². The molecule has 0 radical (unpaired) electrons. The third kappa shape index (κ3) is 4.12. The normalized spacial score (nSPS) is 10.1. The van der Waals surface area contributed by atoms with E-state index in [9.17, 15) is 13.6 Å². The summed E-state index contributed by atoms with van der Waals surface area (Å²) >= 11 is 0. The minimum absolute atomic E-state index is 0.227. The zero-order valence-electron chi connectivity index (χ0n) is 9.13. The maximum absolute atomic E-state index is 12.8. The fraction of sp³-hybridized carbons (Fsp3) is 0. The van der Waals surface area contributed by atoms with Crippen LogP contribution in [0, 0.1) is 22.5 Å². The number of guanidine groups is 1. The van der Waals surface area contributed by atoms with Crippen LogP contribution < -0.4 is 10.6 Å². The molecule has 0 atom stereocenters. The smallest absolute Gasteiger partial charge is 0.258 e. The van der Waals surface area contributed by atoms with E-state index in [0.717, 1.165) is 18.3 Å². The Bertz CT molecular complexity index is 494. The van der Waals surface area contributed by atoms with E-state index in [0.29, 0.717) is 6.07 Å². The predicted molar refractivity (Wildman–Crippen MR) is 62.6 cm³/mol. The van der Waals surface area contributed by atoms with Gasteiger partial charge in [0.2, 0.25) is 0 Å². The molecule has 1 rings (SSSR count). The van der Waals surface area contributed by atoms with Crippen LogP contribution in [0.15, 0.2) is 30.5 Å². The van der Waals surface area contributed by atoms with E-state index in [1.807, 2.05) is 0 Å². The molecule has 0 saturated carbocycles. The first-order valence-corrected chi connectivity index (χ1v) is 4.81. The van der Waals surface area contributed by atoms with Crippen LogP contribution >= 0.6 is 0 Å². The Morgan fingerprint density at radius 3 is 2.39 bits per heavy atom. The topological polar surface area (TPSA) is 88.8 Å². The Labute approximate surface area is 102 Å². The molecule has 0 heterocycles. The van der Waals surface area contributed by atoms with Gasteiger partial charge in [-0.3, -0.25) is 15.5 Å². The lowest BCUT2D eigenvalue weighted by Crippen LogP contribution is -2.37. The van der Waals surface area contributed by atoms with Crippen LogP contribution in [0.2, 0.25) is 0 Å². The van der Waals surface area contributed by atoms with Crippen LogP contribution in [0.3, 0.4) is 0 Å². The van der Waals surface area contributed by atoms with Gasteiger partial charge in [-0.2, -0.15) is 0 Å². The van der Waals surface area contributed by atoms with Crippen LogP contribution in [-0.4, -0.2) is 18.1 Å². The Hall–Kier alpha value is -2.57. The van der Waals surface area contributed by atoms with Gasteiger partial charge >= 0.3 is 0 Å². The molecule has 0 unspecified atom stereocenters. The van der Waals surface area contributed by atoms with Crippen molar-refractivity contribution >= 4 is 18.1 Å². The molecule has 4 N–H and O–H groups in total. The summed E-state index contributed by atoms with van der Waals surface area (Å²) in [6.07, 6.45) is 3.52. The van der Waals surface area contributed by atoms with Gasteiger partial charge in [0.05, 0.1) is 0 Å². The predicted octanol–water partition coefficient (Wildman–Crippen LogP) is 1.38. The Morgan fingerprint density at radius 1 is 1.22 bits per heavy atom. The zero-order chi connectivity index (χ0) is 13.5. The van der Waals surface area contributed by atoms with Crippen molar-refractivity contribution < 1.29 is 13.6 Å². The quantitative estimate of drug-likeness (QED) is 0.483. The number of carbonyl (C=O) groups is 1. The van der Waals surface area contributed by atoms with Gasteiger partial charge in [0, 0.05) is 24.0 Å². The Kier molecular flexibility index (Phi) is 4.67. The van der Waals surface area contributed by atoms with E-state index < -0.39 is 17.5 Å². The molecule has 0 saturated heterocycles. The summed E-state index contributed by atoms with van der Waals surface area (Å²) in [4.78, 5) is 11.5. The van der Waals surface area contributed by atoms with Crippen LogP contribution in [0.5, 0.6) is 0 Å². The molecule has 0 bridgehead atoms. The minimum Gasteiger partial charge on any atom is -0.333 e. The first-order valence-electron chi connectivity index (χ1n) is 4.81. The van der Waals surface area contributed by atoms with Crippen LogP contribution in [0.4, 0.5) is 8.78 Å². The molecule has 0 aliphatic heterocycles. The van der Waals surface area contributed by atoms with Crippen molar-refractivity contribution in [1.29, 1.82) is 10.8 Å². The lowest BCUT2D eigenvalue weighted by Gasteiger charge is -2.06. The van der Waals surface area contributed by atoms with Crippen LogP contribution in [0.1, 0.15) is 10.4 Å². The van der Waals surface area contributed by atoms with Gasteiger partial charge in [-0.1, -0.05) is 0 Å². The van der Waals surface area contributed by atoms with Crippen molar-refractivity contribution in [2.45, 2.75) is 0 Å². The van der Waals surface area contributed by atoms with Gasteiger partial charge in [-0.25, -0.2) is 8.78 Å². The summed E-state index contributed by atoms with van der Waals surface area (Å²) < 4.78 is 25.7. The summed E-state index contributed by atoms with van der Waals surface area (Å²) in [6.45, 7) is 0. The molecule has 0 aliphatic carbocycles. The second-order valence-corrected chi connectivity index (χ2v) is 3.16. The Morgan fingerprint density at radius 2 is 1.83 bits per heavy atom.